The van der Waals surface area contributed by atoms with Crippen LogP contribution in [0.15, 0.2) is 23.0 Å². The summed E-state index contributed by atoms with van der Waals surface area (Å²) in [5, 5.41) is 18.9. The number of halogens is 3. The summed E-state index contributed by atoms with van der Waals surface area (Å²) in [6.45, 7) is -0.0300. The second-order valence-electron chi connectivity index (χ2n) is 4.62. The standard InChI is InChI=1S/C12H10F3N5O4/c13-12(14,15)6-1-2-7(8(5-6)20(23)24)10(21)16-4-3-9-17-11(22)19-18-9/h1-2,5H,3-4H2,(H,16,21)(H2,17,18,19,22). The van der Waals surface area contributed by atoms with Crippen LogP contribution in [0.1, 0.15) is 21.7 Å². The van der Waals surface area contributed by atoms with Gasteiger partial charge in [0, 0.05) is 19.0 Å². The van der Waals surface area contributed by atoms with Gasteiger partial charge in [-0.2, -0.15) is 18.3 Å². The van der Waals surface area contributed by atoms with Crippen LogP contribution in [0.5, 0.6) is 0 Å². The molecule has 1 aromatic heterocycles. The number of carbonyl (C=O) groups is 1. The summed E-state index contributed by atoms with van der Waals surface area (Å²) < 4.78 is 37.8. The van der Waals surface area contributed by atoms with Crippen molar-refractivity contribution >= 4 is 11.6 Å². The topological polar surface area (TPSA) is 134 Å². The molecule has 0 atom stereocenters. The maximum atomic E-state index is 12.6. The van der Waals surface area contributed by atoms with E-state index in [1.165, 1.54) is 0 Å². The van der Waals surface area contributed by atoms with Gasteiger partial charge in [-0.1, -0.05) is 0 Å². The molecule has 12 heteroatoms. The molecule has 2 rings (SSSR count). The van der Waals surface area contributed by atoms with Gasteiger partial charge in [-0.25, -0.2) is 9.89 Å². The number of nitrogens with one attached hydrogen (secondary N) is 3. The Bertz CT molecular complexity index is 827. The highest BCUT2D eigenvalue weighted by Gasteiger charge is 2.33. The summed E-state index contributed by atoms with van der Waals surface area (Å²) in [6, 6.07) is 1.64. The first-order chi connectivity index (χ1) is 11.2. The van der Waals surface area contributed by atoms with Gasteiger partial charge >= 0.3 is 11.9 Å². The van der Waals surface area contributed by atoms with E-state index in [2.05, 4.69) is 20.5 Å². The molecular weight excluding hydrogens is 335 g/mol. The van der Waals surface area contributed by atoms with Gasteiger partial charge in [0.2, 0.25) is 0 Å². The molecule has 0 aliphatic heterocycles. The van der Waals surface area contributed by atoms with Crippen LogP contribution in [0, 0.1) is 10.1 Å². The van der Waals surface area contributed by atoms with Crippen LogP contribution in [0.25, 0.3) is 0 Å². The second kappa shape index (κ2) is 6.52. The maximum absolute atomic E-state index is 12.6. The molecule has 1 aromatic carbocycles. The minimum Gasteiger partial charge on any atom is -0.351 e. The minimum atomic E-state index is -4.76. The van der Waals surface area contributed by atoms with Crippen LogP contribution in [0.3, 0.4) is 0 Å². The van der Waals surface area contributed by atoms with Crippen molar-refractivity contribution in [1.82, 2.24) is 20.5 Å². The third-order valence-electron chi connectivity index (χ3n) is 2.96. The zero-order valence-corrected chi connectivity index (χ0v) is 11.8. The van der Waals surface area contributed by atoms with Gasteiger partial charge in [-0.15, -0.1) is 0 Å². The van der Waals surface area contributed by atoms with E-state index in [4.69, 9.17) is 0 Å². The lowest BCUT2D eigenvalue weighted by Gasteiger charge is -2.09. The van der Waals surface area contributed by atoms with E-state index in [0.29, 0.717) is 12.1 Å². The molecule has 0 saturated carbocycles. The van der Waals surface area contributed by atoms with Crippen molar-refractivity contribution in [3.05, 3.63) is 55.7 Å². The van der Waals surface area contributed by atoms with Crippen LogP contribution in [0.4, 0.5) is 18.9 Å². The Morgan fingerprint density at radius 3 is 2.62 bits per heavy atom. The summed E-state index contributed by atoms with van der Waals surface area (Å²) in [6.07, 6.45) is -4.63. The van der Waals surface area contributed by atoms with Gasteiger partial charge in [0.1, 0.15) is 11.4 Å². The van der Waals surface area contributed by atoms with Crippen molar-refractivity contribution in [3.63, 3.8) is 0 Å². The molecule has 0 aliphatic carbocycles. The lowest BCUT2D eigenvalue weighted by atomic mass is 10.1. The van der Waals surface area contributed by atoms with Crippen LogP contribution in [-0.2, 0) is 12.6 Å². The van der Waals surface area contributed by atoms with Crippen LogP contribution in [0.2, 0.25) is 0 Å². The average molecular weight is 345 g/mol. The molecule has 0 bridgehead atoms. The van der Waals surface area contributed by atoms with E-state index in [0.717, 1.165) is 6.07 Å². The van der Waals surface area contributed by atoms with Gasteiger partial charge in [0.15, 0.2) is 0 Å². The molecule has 128 valence electrons. The molecule has 1 heterocycles. The predicted octanol–water partition coefficient (Wildman–Crippen LogP) is 0.998. The number of hydrogen-bond donors (Lipinski definition) is 3. The van der Waals surface area contributed by atoms with Crippen molar-refractivity contribution < 1.29 is 22.9 Å². The summed E-state index contributed by atoms with van der Waals surface area (Å²) in [4.78, 5) is 34.9. The number of H-pyrrole nitrogens is 2. The van der Waals surface area contributed by atoms with Crippen molar-refractivity contribution in [2.24, 2.45) is 0 Å². The normalized spacial score (nSPS) is 11.3. The quantitative estimate of drug-likeness (QED) is 0.549. The fraction of sp³-hybridized carbons (Fsp3) is 0.250. The molecular formula is C12H10F3N5O4. The number of amides is 1. The number of hydrogen-bond acceptors (Lipinski definition) is 5. The fourth-order valence-electron chi connectivity index (χ4n) is 1.86. The number of carbonyl (C=O) groups excluding carboxylic acids is 1. The van der Waals surface area contributed by atoms with Gasteiger partial charge in [0.25, 0.3) is 11.6 Å². The smallest absolute Gasteiger partial charge is 0.351 e. The van der Waals surface area contributed by atoms with Gasteiger partial charge in [-0.05, 0) is 12.1 Å². The molecule has 2 aromatic rings. The number of nitro benzene ring substituents is 1. The summed E-state index contributed by atoms with van der Waals surface area (Å²) in [7, 11) is 0. The summed E-state index contributed by atoms with van der Waals surface area (Å²) in [5.41, 5.74) is -3.20. The van der Waals surface area contributed by atoms with Crippen molar-refractivity contribution in [3.8, 4) is 0 Å². The van der Waals surface area contributed by atoms with E-state index < -0.39 is 39.5 Å². The molecule has 0 fully saturated rings. The van der Waals surface area contributed by atoms with E-state index in [-0.39, 0.29) is 18.8 Å². The predicted molar refractivity (Wildman–Crippen MR) is 73.3 cm³/mol. The third-order valence-corrected chi connectivity index (χ3v) is 2.96. The van der Waals surface area contributed by atoms with Crippen molar-refractivity contribution in [2.45, 2.75) is 12.6 Å². The summed E-state index contributed by atoms with van der Waals surface area (Å²) >= 11 is 0. The number of nitrogens with zero attached hydrogens (tertiary/aromatic N) is 2. The van der Waals surface area contributed by atoms with Crippen molar-refractivity contribution in [2.75, 3.05) is 6.54 Å². The molecule has 9 nitrogen and oxygen atoms in total. The Hall–Kier alpha value is -3.18. The van der Waals surface area contributed by atoms with Crippen LogP contribution < -0.4 is 11.0 Å². The molecule has 1 amide bonds. The molecule has 0 aliphatic rings. The number of benzene rings is 1. The summed E-state index contributed by atoms with van der Waals surface area (Å²) in [5.74, 6) is -0.657. The Balaban J connectivity index is 2.13. The number of nitro groups is 1. The van der Waals surface area contributed by atoms with E-state index in [9.17, 15) is 32.9 Å². The Labute approximate surface area is 131 Å². The second-order valence-corrected chi connectivity index (χ2v) is 4.62. The molecule has 0 unspecified atom stereocenters. The molecule has 0 radical (unpaired) electrons. The highest BCUT2D eigenvalue weighted by molar-refractivity contribution is 5.98. The molecule has 3 N–H and O–H groups in total. The first-order valence-electron chi connectivity index (χ1n) is 6.46. The monoisotopic (exact) mass is 345 g/mol. The van der Waals surface area contributed by atoms with E-state index in [1.807, 2.05) is 0 Å². The molecule has 0 spiro atoms. The highest BCUT2D eigenvalue weighted by atomic mass is 19.4. The lowest BCUT2D eigenvalue weighted by Crippen LogP contribution is -2.27. The highest BCUT2D eigenvalue weighted by Crippen LogP contribution is 2.32. The Morgan fingerprint density at radius 2 is 2.08 bits per heavy atom. The molecule has 0 saturated heterocycles. The minimum absolute atomic E-state index is 0.0300. The number of rotatable bonds is 5. The zero-order valence-electron chi connectivity index (χ0n) is 11.8. The number of alkyl halides is 3. The first-order valence-corrected chi connectivity index (χ1v) is 6.46. The van der Waals surface area contributed by atoms with Gasteiger partial charge in [0.05, 0.1) is 10.5 Å². The fourth-order valence-corrected chi connectivity index (χ4v) is 1.86. The van der Waals surface area contributed by atoms with Crippen LogP contribution >= 0.6 is 0 Å². The van der Waals surface area contributed by atoms with Gasteiger partial charge in [-0.3, -0.25) is 19.9 Å². The largest absolute Gasteiger partial charge is 0.416 e. The number of aromatic nitrogens is 3. The van der Waals surface area contributed by atoms with Gasteiger partial charge < -0.3 is 5.32 Å². The Morgan fingerprint density at radius 1 is 1.38 bits per heavy atom. The Kier molecular flexibility index (Phi) is 4.66. The first kappa shape index (κ1) is 17.2. The number of aromatic amines is 2. The van der Waals surface area contributed by atoms with Crippen molar-refractivity contribution in [1.29, 1.82) is 0 Å². The average Bonchev–Trinajstić information content (AvgIpc) is 2.91. The third kappa shape index (κ3) is 3.97. The SMILES string of the molecule is O=C(NCCc1n[nH]c(=O)[nH]1)c1ccc(C(F)(F)F)cc1[N+](=O)[O-]. The molecule has 24 heavy (non-hydrogen) atoms. The van der Waals surface area contributed by atoms with Crippen LogP contribution in [-0.4, -0.2) is 32.6 Å². The lowest BCUT2D eigenvalue weighted by molar-refractivity contribution is -0.385. The maximum Gasteiger partial charge on any atom is 0.416 e. The zero-order chi connectivity index (χ0) is 17.9. The van der Waals surface area contributed by atoms with E-state index in [1.54, 1.807) is 0 Å². The van der Waals surface area contributed by atoms with E-state index >= 15 is 0 Å².